The zero-order chi connectivity index (χ0) is 22.4. The van der Waals surface area contributed by atoms with E-state index in [1.807, 2.05) is 18.4 Å². The van der Waals surface area contributed by atoms with E-state index in [1.165, 1.54) is 0 Å². The molecule has 1 aromatic carbocycles. The van der Waals surface area contributed by atoms with Gasteiger partial charge in [0, 0.05) is 49.3 Å². The zero-order valence-electron chi connectivity index (χ0n) is 18.2. The molecule has 0 unspecified atom stereocenters. The molecule has 1 saturated heterocycles. The molecule has 1 aliphatic rings. The molecule has 166 valence electrons. The van der Waals surface area contributed by atoms with Crippen LogP contribution in [0, 0.1) is 13.8 Å². The van der Waals surface area contributed by atoms with E-state index in [0.717, 1.165) is 23.5 Å². The number of hydrogen-bond acceptors (Lipinski definition) is 6. The minimum Gasteiger partial charge on any atom is -0.482 e. The highest BCUT2D eigenvalue weighted by Crippen LogP contribution is 2.24. The first-order chi connectivity index (χ1) is 14.9. The van der Waals surface area contributed by atoms with E-state index in [9.17, 15) is 14.4 Å². The summed E-state index contributed by atoms with van der Waals surface area (Å²) in [5.41, 5.74) is 3.12. The second kappa shape index (κ2) is 10.3. The molecule has 8 heteroatoms. The summed E-state index contributed by atoms with van der Waals surface area (Å²) < 4.78 is 17.6. The molecular weight excluding hydrogens is 400 g/mol. The number of hydrogen-bond donors (Lipinski definition) is 0. The fraction of sp³-hybridized carbons (Fsp3) is 0.435. The standard InChI is InChI=1S/C23H28N2O6/c1-16-13-20(17(2)24(16)11-12-29-3)21(26)14-31-23(28)15-30-19-8-6-18(7-9-19)25-10-4-5-22(25)27/h6-9,13H,4-5,10-12,14-15H2,1-3H3. The first-order valence-corrected chi connectivity index (χ1v) is 10.3. The topological polar surface area (TPSA) is 87.1 Å². The number of Topliss-reactive ketones (excluding diaryl/α,β-unsaturated/α-hetero) is 1. The van der Waals surface area contributed by atoms with E-state index in [1.54, 1.807) is 42.3 Å². The number of methoxy groups -OCH3 is 1. The largest absolute Gasteiger partial charge is 0.482 e. The van der Waals surface area contributed by atoms with Crippen molar-refractivity contribution in [3.05, 3.63) is 47.3 Å². The smallest absolute Gasteiger partial charge is 0.344 e. The van der Waals surface area contributed by atoms with Crippen molar-refractivity contribution in [2.75, 3.05) is 38.4 Å². The second-order valence-corrected chi connectivity index (χ2v) is 7.44. The fourth-order valence-electron chi connectivity index (χ4n) is 3.66. The van der Waals surface area contributed by atoms with Crippen LogP contribution in [0.3, 0.4) is 0 Å². The monoisotopic (exact) mass is 428 g/mol. The highest BCUT2D eigenvalue weighted by atomic mass is 16.6. The Labute approximate surface area is 181 Å². The minimum atomic E-state index is -0.625. The maximum absolute atomic E-state index is 12.5. The number of nitrogens with zero attached hydrogens (tertiary/aromatic N) is 2. The third-order valence-corrected chi connectivity index (χ3v) is 5.34. The van der Waals surface area contributed by atoms with Crippen molar-refractivity contribution in [3.63, 3.8) is 0 Å². The van der Waals surface area contributed by atoms with Crippen LogP contribution < -0.4 is 9.64 Å². The maximum Gasteiger partial charge on any atom is 0.344 e. The number of carbonyl (C=O) groups excluding carboxylic acids is 3. The molecule has 0 spiro atoms. The molecule has 0 aliphatic carbocycles. The molecule has 0 saturated carbocycles. The Bertz CT molecular complexity index is 948. The summed E-state index contributed by atoms with van der Waals surface area (Å²) in [5.74, 6) is -0.285. The van der Waals surface area contributed by atoms with Crippen molar-refractivity contribution >= 4 is 23.3 Å². The summed E-state index contributed by atoms with van der Waals surface area (Å²) in [6.07, 6.45) is 1.43. The van der Waals surface area contributed by atoms with Gasteiger partial charge in [0.1, 0.15) is 5.75 Å². The van der Waals surface area contributed by atoms with E-state index in [-0.39, 0.29) is 24.9 Å². The van der Waals surface area contributed by atoms with Crippen LogP contribution in [0.15, 0.2) is 30.3 Å². The molecule has 1 aromatic heterocycles. The maximum atomic E-state index is 12.5. The van der Waals surface area contributed by atoms with Gasteiger partial charge in [-0.2, -0.15) is 0 Å². The van der Waals surface area contributed by atoms with Gasteiger partial charge in [0.05, 0.1) is 6.61 Å². The van der Waals surface area contributed by atoms with Gasteiger partial charge in [-0.3, -0.25) is 9.59 Å². The Morgan fingerprint density at radius 3 is 2.48 bits per heavy atom. The lowest BCUT2D eigenvalue weighted by molar-refractivity contribution is -0.144. The molecule has 31 heavy (non-hydrogen) atoms. The molecular formula is C23H28N2O6. The first-order valence-electron chi connectivity index (χ1n) is 10.3. The van der Waals surface area contributed by atoms with E-state index >= 15 is 0 Å². The number of ether oxygens (including phenoxy) is 3. The average Bonchev–Trinajstić information content (AvgIpc) is 3.32. The summed E-state index contributed by atoms with van der Waals surface area (Å²) in [6.45, 7) is 5.05. The van der Waals surface area contributed by atoms with Gasteiger partial charge in [-0.25, -0.2) is 4.79 Å². The van der Waals surface area contributed by atoms with Gasteiger partial charge < -0.3 is 23.7 Å². The van der Waals surface area contributed by atoms with Gasteiger partial charge in [0.25, 0.3) is 0 Å². The molecule has 0 radical (unpaired) electrons. The lowest BCUT2D eigenvalue weighted by Gasteiger charge is -2.16. The number of ketones is 1. The molecule has 2 heterocycles. The van der Waals surface area contributed by atoms with Crippen LogP contribution in [-0.4, -0.2) is 55.7 Å². The molecule has 8 nitrogen and oxygen atoms in total. The van der Waals surface area contributed by atoms with Gasteiger partial charge in [-0.1, -0.05) is 0 Å². The van der Waals surface area contributed by atoms with E-state index in [4.69, 9.17) is 14.2 Å². The first kappa shape index (κ1) is 22.6. The molecule has 0 atom stereocenters. The minimum absolute atomic E-state index is 0.112. The predicted molar refractivity (Wildman–Crippen MR) is 115 cm³/mol. The van der Waals surface area contributed by atoms with Crippen LogP contribution in [0.5, 0.6) is 5.75 Å². The number of amides is 1. The number of benzene rings is 1. The lowest BCUT2D eigenvalue weighted by atomic mass is 10.1. The van der Waals surface area contributed by atoms with E-state index in [0.29, 0.717) is 37.4 Å². The molecule has 1 fully saturated rings. The van der Waals surface area contributed by atoms with Gasteiger partial charge in [-0.15, -0.1) is 0 Å². The van der Waals surface area contributed by atoms with E-state index in [2.05, 4.69) is 0 Å². The van der Waals surface area contributed by atoms with Crippen LogP contribution in [0.1, 0.15) is 34.6 Å². The van der Waals surface area contributed by atoms with Crippen molar-refractivity contribution in [1.82, 2.24) is 4.57 Å². The van der Waals surface area contributed by atoms with Gasteiger partial charge >= 0.3 is 5.97 Å². The highest BCUT2D eigenvalue weighted by Gasteiger charge is 2.21. The Morgan fingerprint density at radius 2 is 1.84 bits per heavy atom. The zero-order valence-corrected chi connectivity index (χ0v) is 18.2. The van der Waals surface area contributed by atoms with Crippen LogP contribution in [0.2, 0.25) is 0 Å². The Hall–Kier alpha value is -3.13. The molecule has 1 amide bonds. The summed E-state index contributed by atoms with van der Waals surface area (Å²) in [5, 5.41) is 0. The summed E-state index contributed by atoms with van der Waals surface area (Å²) >= 11 is 0. The van der Waals surface area contributed by atoms with Crippen LogP contribution >= 0.6 is 0 Å². The number of aryl methyl sites for hydroxylation is 1. The van der Waals surface area contributed by atoms with Gasteiger partial charge in [0.2, 0.25) is 11.7 Å². The van der Waals surface area contributed by atoms with Crippen molar-refractivity contribution in [3.8, 4) is 5.75 Å². The third kappa shape index (κ3) is 5.52. The van der Waals surface area contributed by atoms with Crippen LogP contribution in [-0.2, 0) is 25.6 Å². The molecule has 0 N–H and O–H groups in total. The molecule has 0 bridgehead atoms. The fourth-order valence-corrected chi connectivity index (χ4v) is 3.66. The average molecular weight is 428 g/mol. The normalized spacial score (nSPS) is 13.5. The Kier molecular flexibility index (Phi) is 7.46. The van der Waals surface area contributed by atoms with Crippen molar-refractivity contribution in [1.29, 1.82) is 0 Å². The quantitative estimate of drug-likeness (QED) is 0.427. The number of rotatable bonds is 10. The summed E-state index contributed by atoms with van der Waals surface area (Å²) in [7, 11) is 1.63. The molecule has 2 aromatic rings. The number of anilines is 1. The Balaban J connectivity index is 1.47. The van der Waals surface area contributed by atoms with Crippen molar-refractivity contribution < 1.29 is 28.6 Å². The molecule has 1 aliphatic heterocycles. The number of aromatic nitrogens is 1. The third-order valence-electron chi connectivity index (χ3n) is 5.34. The second-order valence-electron chi connectivity index (χ2n) is 7.44. The predicted octanol–water partition coefficient (Wildman–Crippen LogP) is 2.68. The highest BCUT2D eigenvalue weighted by molar-refractivity contribution is 5.99. The van der Waals surface area contributed by atoms with E-state index < -0.39 is 5.97 Å². The lowest BCUT2D eigenvalue weighted by Crippen LogP contribution is -2.23. The van der Waals surface area contributed by atoms with Crippen LogP contribution in [0.4, 0.5) is 5.69 Å². The summed E-state index contributed by atoms with van der Waals surface area (Å²) in [4.78, 5) is 38.0. The van der Waals surface area contributed by atoms with Gasteiger partial charge in [0.15, 0.2) is 13.2 Å². The number of carbonyl (C=O) groups is 3. The van der Waals surface area contributed by atoms with Gasteiger partial charge in [-0.05, 0) is 50.6 Å². The SMILES string of the molecule is COCCn1c(C)cc(C(=O)COC(=O)COc2ccc(N3CCCC3=O)cc2)c1C. The van der Waals surface area contributed by atoms with Crippen molar-refractivity contribution in [2.45, 2.75) is 33.2 Å². The summed E-state index contributed by atoms with van der Waals surface area (Å²) in [6, 6.07) is 8.77. The molecule has 3 rings (SSSR count). The number of esters is 1. The van der Waals surface area contributed by atoms with Crippen LogP contribution in [0.25, 0.3) is 0 Å². The van der Waals surface area contributed by atoms with Crippen molar-refractivity contribution in [2.24, 2.45) is 0 Å². The Morgan fingerprint density at radius 1 is 1.10 bits per heavy atom.